The first-order valence-corrected chi connectivity index (χ1v) is 5.62. The number of rotatable bonds is 2. The molecule has 0 radical (unpaired) electrons. The van der Waals surface area contributed by atoms with Gasteiger partial charge in [0.05, 0.1) is 0 Å². The molecule has 3 nitrogen and oxygen atoms in total. The molecule has 0 unspecified atom stereocenters. The first-order chi connectivity index (χ1) is 8.04. The van der Waals surface area contributed by atoms with Gasteiger partial charge in [-0.15, -0.1) is 0 Å². The second-order valence-corrected chi connectivity index (χ2v) is 4.17. The Labute approximate surface area is 100 Å². The van der Waals surface area contributed by atoms with E-state index in [2.05, 4.69) is 5.10 Å². The first kappa shape index (κ1) is 11.6. The van der Waals surface area contributed by atoms with E-state index in [9.17, 15) is 4.39 Å². The fraction of sp³-hybridized carbons (Fsp3) is 0.308. The smallest absolute Gasteiger partial charge is 0.132 e. The zero-order valence-corrected chi connectivity index (χ0v) is 10.3. The van der Waals surface area contributed by atoms with Gasteiger partial charge >= 0.3 is 0 Å². The molecule has 0 bridgehead atoms. The Morgan fingerprint density at radius 3 is 2.76 bits per heavy atom. The highest BCUT2D eigenvalue weighted by Gasteiger charge is 2.16. The summed E-state index contributed by atoms with van der Waals surface area (Å²) in [6, 6.07) is 5.02. The van der Waals surface area contributed by atoms with Crippen LogP contribution in [0.3, 0.4) is 0 Å². The Hall–Kier alpha value is -1.84. The minimum absolute atomic E-state index is 0.261. The highest BCUT2D eigenvalue weighted by atomic mass is 19.1. The van der Waals surface area contributed by atoms with Crippen molar-refractivity contribution in [3.63, 3.8) is 0 Å². The van der Waals surface area contributed by atoms with E-state index in [0.717, 1.165) is 17.5 Å². The first-order valence-electron chi connectivity index (χ1n) is 5.62. The number of benzene rings is 1. The largest absolute Gasteiger partial charge is 0.384 e. The summed E-state index contributed by atoms with van der Waals surface area (Å²) >= 11 is 0. The summed E-state index contributed by atoms with van der Waals surface area (Å²) in [5.41, 5.74) is 8.99. The quantitative estimate of drug-likeness (QED) is 0.866. The molecule has 0 saturated carbocycles. The van der Waals surface area contributed by atoms with Crippen LogP contribution in [0.1, 0.15) is 18.1 Å². The zero-order chi connectivity index (χ0) is 12.6. The Balaban J connectivity index is 2.68. The fourth-order valence-electron chi connectivity index (χ4n) is 1.97. The number of hydrogen-bond acceptors (Lipinski definition) is 2. The van der Waals surface area contributed by atoms with Gasteiger partial charge in [0.2, 0.25) is 0 Å². The molecule has 0 aliphatic carbocycles. The van der Waals surface area contributed by atoms with Crippen LogP contribution in [0.5, 0.6) is 0 Å². The molecule has 0 saturated heterocycles. The van der Waals surface area contributed by atoms with Crippen LogP contribution in [0.4, 0.5) is 10.2 Å². The van der Waals surface area contributed by atoms with Crippen molar-refractivity contribution >= 4 is 5.82 Å². The van der Waals surface area contributed by atoms with Crippen LogP contribution in [0.25, 0.3) is 11.3 Å². The van der Waals surface area contributed by atoms with Gasteiger partial charge < -0.3 is 5.73 Å². The van der Waals surface area contributed by atoms with E-state index < -0.39 is 0 Å². The second-order valence-electron chi connectivity index (χ2n) is 4.17. The van der Waals surface area contributed by atoms with Gasteiger partial charge in [-0.1, -0.05) is 18.6 Å². The second kappa shape index (κ2) is 4.20. The van der Waals surface area contributed by atoms with E-state index in [1.54, 1.807) is 23.9 Å². The highest BCUT2D eigenvalue weighted by Crippen LogP contribution is 2.29. The number of aryl methyl sites for hydroxylation is 2. The topological polar surface area (TPSA) is 43.8 Å². The molecule has 2 rings (SSSR count). The third kappa shape index (κ3) is 1.90. The van der Waals surface area contributed by atoms with Crippen LogP contribution in [-0.2, 0) is 13.5 Å². The van der Waals surface area contributed by atoms with Crippen molar-refractivity contribution in [2.45, 2.75) is 20.3 Å². The van der Waals surface area contributed by atoms with Gasteiger partial charge in [0, 0.05) is 18.2 Å². The molecule has 0 aliphatic rings. The van der Waals surface area contributed by atoms with Crippen LogP contribution in [-0.4, -0.2) is 9.78 Å². The standard InChI is InChI=1S/C13H16FN3/c1-4-9-12(16-17(3)13(9)15)10-7-8(2)5-6-11(10)14/h5-7H,4,15H2,1-3H3. The third-order valence-corrected chi connectivity index (χ3v) is 2.92. The van der Waals surface area contributed by atoms with Gasteiger partial charge in [0.25, 0.3) is 0 Å². The van der Waals surface area contributed by atoms with E-state index >= 15 is 0 Å². The number of anilines is 1. The minimum atomic E-state index is -0.261. The van der Waals surface area contributed by atoms with E-state index in [-0.39, 0.29) is 5.82 Å². The van der Waals surface area contributed by atoms with E-state index in [4.69, 9.17) is 5.73 Å². The molecule has 1 aromatic heterocycles. The summed E-state index contributed by atoms with van der Waals surface area (Å²) in [5, 5.41) is 4.30. The van der Waals surface area contributed by atoms with Crippen molar-refractivity contribution in [3.8, 4) is 11.3 Å². The van der Waals surface area contributed by atoms with Crippen molar-refractivity contribution in [1.82, 2.24) is 9.78 Å². The number of nitrogens with two attached hydrogens (primary N) is 1. The highest BCUT2D eigenvalue weighted by molar-refractivity contribution is 5.69. The summed E-state index contributed by atoms with van der Waals surface area (Å²) < 4.78 is 15.4. The third-order valence-electron chi connectivity index (χ3n) is 2.92. The van der Waals surface area contributed by atoms with E-state index in [1.165, 1.54) is 6.07 Å². The molecule has 90 valence electrons. The van der Waals surface area contributed by atoms with Crippen molar-refractivity contribution in [3.05, 3.63) is 35.1 Å². The SMILES string of the molecule is CCc1c(-c2cc(C)ccc2F)nn(C)c1N. The lowest BCUT2D eigenvalue weighted by molar-refractivity contribution is 0.629. The predicted octanol–water partition coefficient (Wildman–Crippen LogP) is 2.68. The van der Waals surface area contributed by atoms with Crippen LogP contribution in [0.2, 0.25) is 0 Å². The van der Waals surface area contributed by atoms with Crippen molar-refractivity contribution in [1.29, 1.82) is 0 Å². The van der Waals surface area contributed by atoms with Crippen LogP contribution in [0, 0.1) is 12.7 Å². The molecule has 4 heteroatoms. The van der Waals surface area contributed by atoms with Crippen LogP contribution < -0.4 is 5.73 Å². The molecule has 0 aliphatic heterocycles. The zero-order valence-electron chi connectivity index (χ0n) is 10.3. The predicted molar refractivity (Wildman–Crippen MR) is 67.1 cm³/mol. The van der Waals surface area contributed by atoms with Crippen molar-refractivity contribution < 1.29 is 4.39 Å². The molecule has 0 atom stereocenters. The average molecular weight is 233 g/mol. The monoisotopic (exact) mass is 233 g/mol. The molecule has 0 fully saturated rings. The Bertz CT molecular complexity index is 558. The molecule has 0 amide bonds. The van der Waals surface area contributed by atoms with E-state index in [1.807, 2.05) is 13.8 Å². The van der Waals surface area contributed by atoms with Gasteiger partial charge in [-0.25, -0.2) is 4.39 Å². The molecule has 1 heterocycles. The van der Waals surface area contributed by atoms with Gasteiger partial charge in [-0.05, 0) is 25.5 Å². The molecule has 0 spiro atoms. The van der Waals surface area contributed by atoms with Gasteiger partial charge in [-0.3, -0.25) is 4.68 Å². The Morgan fingerprint density at radius 2 is 2.12 bits per heavy atom. The molecule has 1 aromatic carbocycles. The Kier molecular flexibility index (Phi) is 2.88. The lowest BCUT2D eigenvalue weighted by Crippen LogP contribution is -1.98. The molecule has 2 aromatic rings. The minimum Gasteiger partial charge on any atom is -0.384 e. The fourth-order valence-corrected chi connectivity index (χ4v) is 1.97. The number of aromatic nitrogens is 2. The normalized spacial score (nSPS) is 10.8. The Morgan fingerprint density at radius 1 is 1.41 bits per heavy atom. The maximum absolute atomic E-state index is 13.8. The molecular formula is C13H16FN3. The summed E-state index contributed by atoms with van der Waals surface area (Å²) in [6.07, 6.45) is 0.738. The van der Waals surface area contributed by atoms with Crippen LogP contribution in [0.15, 0.2) is 18.2 Å². The number of nitrogens with zero attached hydrogens (tertiary/aromatic N) is 2. The maximum atomic E-state index is 13.8. The number of hydrogen-bond donors (Lipinski definition) is 1. The maximum Gasteiger partial charge on any atom is 0.132 e. The lowest BCUT2D eigenvalue weighted by atomic mass is 10.0. The number of nitrogen functional groups attached to an aromatic ring is 1. The van der Waals surface area contributed by atoms with Gasteiger partial charge in [-0.2, -0.15) is 5.10 Å². The molecule has 2 N–H and O–H groups in total. The van der Waals surface area contributed by atoms with Gasteiger partial charge in [0.15, 0.2) is 0 Å². The van der Waals surface area contributed by atoms with Gasteiger partial charge in [0.1, 0.15) is 17.3 Å². The van der Waals surface area contributed by atoms with E-state index in [0.29, 0.717) is 17.1 Å². The molecular weight excluding hydrogens is 217 g/mol. The molecule has 17 heavy (non-hydrogen) atoms. The summed E-state index contributed by atoms with van der Waals surface area (Å²) in [6.45, 7) is 3.92. The van der Waals surface area contributed by atoms with Crippen molar-refractivity contribution in [2.75, 3.05) is 5.73 Å². The summed E-state index contributed by atoms with van der Waals surface area (Å²) in [5.74, 6) is 0.340. The summed E-state index contributed by atoms with van der Waals surface area (Å²) in [7, 11) is 1.77. The average Bonchev–Trinajstić information content (AvgIpc) is 2.58. The number of halogens is 1. The van der Waals surface area contributed by atoms with Crippen molar-refractivity contribution in [2.24, 2.45) is 7.05 Å². The lowest BCUT2D eigenvalue weighted by Gasteiger charge is -2.03. The van der Waals surface area contributed by atoms with Crippen LogP contribution >= 0.6 is 0 Å². The summed E-state index contributed by atoms with van der Waals surface area (Å²) in [4.78, 5) is 0.